The molecule has 1 aliphatic heterocycles. The van der Waals surface area contributed by atoms with Crippen LogP contribution in [0.2, 0.25) is 0 Å². The Morgan fingerprint density at radius 3 is 2.61 bits per heavy atom. The molecule has 0 radical (unpaired) electrons. The van der Waals surface area contributed by atoms with Gasteiger partial charge in [0.2, 0.25) is 0 Å². The third kappa shape index (κ3) is 3.70. The summed E-state index contributed by atoms with van der Waals surface area (Å²) in [5.74, 6) is -0.357. The monoisotopic (exact) mass is 437 g/mol. The molecule has 1 N–H and O–H groups in total. The fourth-order valence-electron chi connectivity index (χ4n) is 3.54. The molecule has 4 nitrogen and oxygen atoms in total. The van der Waals surface area contributed by atoms with Gasteiger partial charge in [-0.05, 0) is 41.5 Å². The zero-order valence-electron chi connectivity index (χ0n) is 15.9. The third-order valence-corrected chi connectivity index (χ3v) is 5.96. The van der Waals surface area contributed by atoms with Crippen molar-refractivity contribution in [1.29, 1.82) is 0 Å². The van der Waals surface area contributed by atoms with Gasteiger partial charge in [-0.2, -0.15) is 13.2 Å². The Labute approximate surface area is 179 Å². The molecule has 2 heterocycles. The van der Waals surface area contributed by atoms with Crippen LogP contribution in [0.15, 0.2) is 71.7 Å². The number of nitrogens with one attached hydrogen (secondary N) is 1. The number of halogens is 3. The molecule has 154 valence electrons. The smallest absolute Gasteiger partial charge is 0.298 e. The predicted molar refractivity (Wildman–Crippen MR) is 115 cm³/mol. The first kappa shape index (κ1) is 19.4. The van der Waals surface area contributed by atoms with E-state index in [1.807, 2.05) is 30.3 Å². The first-order valence-corrected chi connectivity index (χ1v) is 10.2. The molecule has 0 saturated heterocycles. The highest BCUT2D eigenvalue weighted by Gasteiger charge is 2.31. The molecular formula is C23H14F3N3OS. The van der Waals surface area contributed by atoms with Crippen LogP contribution in [0.4, 0.5) is 24.0 Å². The number of nitrogens with zero attached hydrogens (tertiary/aromatic N) is 2. The highest BCUT2D eigenvalue weighted by Crippen LogP contribution is 2.35. The lowest BCUT2D eigenvalue weighted by atomic mass is 10.0. The minimum absolute atomic E-state index is 0.357. The number of anilines is 1. The van der Waals surface area contributed by atoms with Gasteiger partial charge in [0.15, 0.2) is 5.13 Å². The highest BCUT2D eigenvalue weighted by molar-refractivity contribution is 7.22. The molecule has 0 spiro atoms. The molecular weight excluding hydrogens is 423 g/mol. The first-order chi connectivity index (χ1) is 14.9. The van der Waals surface area contributed by atoms with Gasteiger partial charge in [-0.3, -0.25) is 15.1 Å². The van der Waals surface area contributed by atoms with Gasteiger partial charge in [0.1, 0.15) is 0 Å². The molecule has 1 aliphatic rings. The fourth-order valence-corrected chi connectivity index (χ4v) is 4.40. The van der Waals surface area contributed by atoms with Crippen LogP contribution in [-0.2, 0) is 12.6 Å². The van der Waals surface area contributed by atoms with Crippen LogP contribution >= 0.6 is 11.3 Å². The summed E-state index contributed by atoms with van der Waals surface area (Å²) in [4.78, 5) is 21.9. The number of thiazole rings is 1. The lowest BCUT2D eigenvalue weighted by Crippen LogP contribution is -2.12. The Morgan fingerprint density at radius 2 is 1.81 bits per heavy atom. The van der Waals surface area contributed by atoms with E-state index in [9.17, 15) is 18.0 Å². The number of alkyl halides is 3. The van der Waals surface area contributed by atoms with Crippen molar-refractivity contribution >= 4 is 44.0 Å². The maximum absolute atomic E-state index is 13.1. The Kier molecular flexibility index (Phi) is 4.59. The van der Waals surface area contributed by atoms with Crippen molar-refractivity contribution in [3.8, 4) is 0 Å². The van der Waals surface area contributed by atoms with Crippen molar-refractivity contribution in [2.24, 2.45) is 4.99 Å². The molecule has 8 heteroatoms. The SMILES string of the molecule is O=C(Nc1nc2ccccc2s1)c1cccc2c1N=C(c1cccc(C(F)(F)F)c1)C2. The van der Waals surface area contributed by atoms with E-state index in [0.717, 1.165) is 27.9 Å². The molecule has 0 aliphatic carbocycles. The van der Waals surface area contributed by atoms with Gasteiger partial charge in [-0.1, -0.05) is 47.7 Å². The second-order valence-corrected chi connectivity index (χ2v) is 8.10. The van der Waals surface area contributed by atoms with Crippen molar-refractivity contribution in [3.05, 3.63) is 89.0 Å². The van der Waals surface area contributed by atoms with Gasteiger partial charge in [0.25, 0.3) is 5.91 Å². The summed E-state index contributed by atoms with van der Waals surface area (Å²) < 4.78 is 40.2. The van der Waals surface area contributed by atoms with E-state index < -0.39 is 11.7 Å². The molecule has 0 bridgehead atoms. The van der Waals surface area contributed by atoms with Crippen molar-refractivity contribution in [2.75, 3.05) is 5.32 Å². The number of aromatic nitrogens is 1. The number of hydrogen-bond donors (Lipinski definition) is 1. The van der Waals surface area contributed by atoms with Crippen LogP contribution in [0.3, 0.4) is 0 Å². The number of amides is 1. The van der Waals surface area contributed by atoms with E-state index in [-0.39, 0.29) is 5.91 Å². The Morgan fingerprint density at radius 1 is 1.00 bits per heavy atom. The number of para-hydroxylation sites is 2. The molecule has 1 aromatic heterocycles. The van der Waals surface area contributed by atoms with Crippen LogP contribution in [-0.4, -0.2) is 16.6 Å². The van der Waals surface area contributed by atoms with E-state index in [2.05, 4.69) is 15.3 Å². The average Bonchev–Trinajstić information content (AvgIpc) is 3.36. The lowest BCUT2D eigenvalue weighted by molar-refractivity contribution is -0.137. The molecule has 0 fully saturated rings. The van der Waals surface area contributed by atoms with Crippen molar-refractivity contribution in [2.45, 2.75) is 12.6 Å². The van der Waals surface area contributed by atoms with E-state index in [4.69, 9.17) is 0 Å². The largest absolute Gasteiger partial charge is 0.416 e. The normalized spacial score (nSPS) is 13.2. The maximum atomic E-state index is 13.1. The van der Waals surface area contributed by atoms with E-state index in [1.165, 1.54) is 17.4 Å². The number of aliphatic imine (C=N–C) groups is 1. The summed E-state index contributed by atoms with van der Waals surface area (Å²) in [5.41, 5.74) is 2.60. The summed E-state index contributed by atoms with van der Waals surface area (Å²) in [5, 5.41) is 3.29. The quantitative estimate of drug-likeness (QED) is 0.412. The molecule has 0 atom stereocenters. The van der Waals surface area contributed by atoms with Crippen LogP contribution in [0.1, 0.15) is 27.0 Å². The average molecular weight is 437 g/mol. The Bertz CT molecular complexity index is 1320. The standard InChI is InChI=1S/C23H14F3N3OS/c24-23(25,26)15-7-3-5-13(11-15)18-12-14-6-4-8-16(20(14)27-18)21(30)29-22-28-17-9-1-2-10-19(17)31-22/h1-11H,12H2,(H,28,29,30). The lowest BCUT2D eigenvalue weighted by Gasteiger charge is -2.08. The van der Waals surface area contributed by atoms with E-state index >= 15 is 0 Å². The molecule has 4 aromatic rings. The third-order valence-electron chi connectivity index (χ3n) is 5.01. The summed E-state index contributed by atoms with van der Waals surface area (Å²) in [6.45, 7) is 0. The van der Waals surface area contributed by atoms with Gasteiger partial charge in [-0.25, -0.2) is 4.98 Å². The molecule has 5 rings (SSSR count). The van der Waals surface area contributed by atoms with Crippen LogP contribution in [0.5, 0.6) is 0 Å². The summed E-state index contributed by atoms with van der Waals surface area (Å²) in [7, 11) is 0. The Balaban J connectivity index is 1.46. The second kappa shape index (κ2) is 7.31. The predicted octanol–water partition coefficient (Wildman–Crippen LogP) is 6.24. The molecule has 1 amide bonds. The number of hydrogen-bond acceptors (Lipinski definition) is 4. The molecule has 0 saturated carbocycles. The zero-order valence-corrected chi connectivity index (χ0v) is 16.7. The highest BCUT2D eigenvalue weighted by atomic mass is 32.1. The van der Waals surface area contributed by atoms with Gasteiger partial charge in [0.05, 0.1) is 32.7 Å². The minimum atomic E-state index is -4.43. The second-order valence-electron chi connectivity index (χ2n) is 7.07. The summed E-state index contributed by atoms with van der Waals surface area (Å²) in [6, 6.07) is 17.9. The van der Waals surface area contributed by atoms with Crippen LogP contribution < -0.4 is 5.32 Å². The van der Waals surface area contributed by atoms with Crippen molar-refractivity contribution in [1.82, 2.24) is 4.98 Å². The van der Waals surface area contributed by atoms with Crippen molar-refractivity contribution < 1.29 is 18.0 Å². The molecule has 31 heavy (non-hydrogen) atoms. The minimum Gasteiger partial charge on any atom is -0.298 e. The van der Waals surface area contributed by atoms with Gasteiger partial charge in [-0.15, -0.1) is 0 Å². The van der Waals surface area contributed by atoms with E-state index in [0.29, 0.717) is 34.1 Å². The van der Waals surface area contributed by atoms with Crippen LogP contribution in [0, 0.1) is 0 Å². The molecule has 0 unspecified atom stereocenters. The van der Waals surface area contributed by atoms with E-state index in [1.54, 1.807) is 18.2 Å². The number of fused-ring (bicyclic) bond motifs is 2. The fraction of sp³-hybridized carbons (Fsp3) is 0.0870. The van der Waals surface area contributed by atoms with Crippen molar-refractivity contribution in [3.63, 3.8) is 0 Å². The van der Waals surface area contributed by atoms with Crippen LogP contribution in [0.25, 0.3) is 10.2 Å². The van der Waals surface area contributed by atoms with Gasteiger partial charge < -0.3 is 0 Å². The summed E-state index contributed by atoms with van der Waals surface area (Å²) >= 11 is 1.37. The number of benzene rings is 3. The molecule has 3 aromatic carbocycles. The zero-order chi connectivity index (χ0) is 21.6. The summed E-state index contributed by atoms with van der Waals surface area (Å²) in [6.07, 6.45) is -4.07. The van der Waals surface area contributed by atoms with Gasteiger partial charge in [0, 0.05) is 6.42 Å². The first-order valence-electron chi connectivity index (χ1n) is 9.42. The number of carbonyl (C=O) groups excluding carboxylic acids is 1. The topological polar surface area (TPSA) is 54.4 Å². The number of carbonyl (C=O) groups is 1. The maximum Gasteiger partial charge on any atom is 0.416 e. The Hall–Kier alpha value is -3.52. The number of rotatable bonds is 3. The van der Waals surface area contributed by atoms with Gasteiger partial charge >= 0.3 is 6.18 Å².